The lowest BCUT2D eigenvalue weighted by Crippen LogP contribution is -2.64. The molecule has 0 aromatic rings. The van der Waals surface area contributed by atoms with Crippen LogP contribution in [-0.4, -0.2) is 129 Å². The zero-order valence-electron chi connectivity index (χ0n) is 33.6. The summed E-state index contributed by atoms with van der Waals surface area (Å²) in [5.41, 5.74) is 0. The molecule has 0 radical (unpaired) electrons. The first-order chi connectivity index (χ1) is 26.2. The van der Waals surface area contributed by atoms with E-state index in [0.29, 0.717) is 38.5 Å². The average molecular weight is 782 g/mol. The molecule has 1 heterocycles. The Morgan fingerprint density at radius 3 is 1.61 bits per heavy atom. The summed E-state index contributed by atoms with van der Waals surface area (Å²) in [6.45, 7) is 6.27. The highest BCUT2D eigenvalue weighted by Gasteiger charge is 2.54. The van der Waals surface area contributed by atoms with Crippen molar-refractivity contribution in [1.29, 1.82) is 0 Å². The Hall–Kier alpha value is -2.44. The van der Waals surface area contributed by atoms with Gasteiger partial charge in [-0.05, 0) is 25.7 Å². The second kappa shape index (κ2) is 28.9. The van der Waals surface area contributed by atoms with Gasteiger partial charge in [0.25, 0.3) is 0 Å². The molecule has 0 saturated carbocycles. The number of rotatable bonds is 30. The van der Waals surface area contributed by atoms with Crippen LogP contribution < -0.4 is 0 Å². The van der Waals surface area contributed by atoms with Gasteiger partial charge in [0.1, 0.15) is 37.1 Å². The summed E-state index contributed by atoms with van der Waals surface area (Å²) < 4.78 is 43.0. The smallest absolute Gasteiger partial charge is 0.306 e. The molecule has 11 atom stereocenters. The molecule has 1 rings (SSSR count). The Balaban J connectivity index is 3.70. The Kier molecular flexibility index (Phi) is 25.5. The third kappa shape index (κ3) is 18.9. The molecule has 316 valence electrons. The van der Waals surface area contributed by atoms with Crippen LogP contribution >= 0.6 is 0 Å². The number of hydrogen-bond acceptors (Lipinski definition) is 16. The van der Waals surface area contributed by atoms with Crippen molar-refractivity contribution in [3.8, 4) is 0 Å². The molecule has 0 aromatic heterocycles. The average Bonchev–Trinajstić information content (AvgIpc) is 3.16. The van der Waals surface area contributed by atoms with Gasteiger partial charge in [0.2, 0.25) is 6.29 Å². The second-order valence-corrected chi connectivity index (χ2v) is 13.7. The number of unbranched alkanes of at least 4 members (excludes halogenated alkanes) is 9. The molecule has 0 aliphatic carbocycles. The van der Waals surface area contributed by atoms with Crippen LogP contribution in [0.15, 0.2) is 0 Å². The fourth-order valence-corrected chi connectivity index (χ4v) is 5.65. The summed E-state index contributed by atoms with van der Waals surface area (Å²) in [7, 11) is 0. The quantitative estimate of drug-likeness (QED) is 0.0266. The van der Waals surface area contributed by atoms with E-state index in [-0.39, 0.29) is 25.7 Å². The van der Waals surface area contributed by atoms with Crippen LogP contribution in [0.3, 0.4) is 0 Å². The first-order valence-electron chi connectivity index (χ1n) is 20.3. The lowest BCUT2D eigenvalue weighted by molar-refractivity contribution is -0.349. The summed E-state index contributed by atoms with van der Waals surface area (Å²) in [6.07, 6.45) is -12.0. The van der Waals surface area contributed by atoms with Gasteiger partial charge < -0.3 is 59.1 Å². The number of esters is 4. The van der Waals surface area contributed by atoms with Crippen molar-refractivity contribution in [1.82, 2.24) is 0 Å². The van der Waals surface area contributed by atoms with Crippen LogP contribution in [0.2, 0.25) is 0 Å². The minimum absolute atomic E-state index is 0.0349. The molecule has 3 unspecified atom stereocenters. The Morgan fingerprint density at radius 2 is 1.07 bits per heavy atom. The normalized spacial score (nSPS) is 23.6. The highest BCUT2D eigenvalue weighted by atomic mass is 16.8. The van der Waals surface area contributed by atoms with Gasteiger partial charge in [-0.1, -0.05) is 91.9 Å². The molecule has 1 saturated heterocycles. The van der Waals surface area contributed by atoms with E-state index in [0.717, 1.165) is 44.9 Å². The Morgan fingerprint density at radius 1 is 0.593 bits per heavy atom. The maximum atomic E-state index is 13.4. The van der Waals surface area contributed by atoms with Crippen molar-refractivity contribution in [2.45, 2.75) is 205 Å². The molecule has 54 heavy (non-hydrogen) atoms. The van der Waals surface area contributed by atoms with Gasteiger partial charge in [-0.25, -0.2) is 0 Å². The predicted molar refractivity (Wildman–Crippen MR) is 193 cm³/mol. The van der Waals surface area contributed by atoms with E-state index in [4.69, 9.17) is 29.8 Å². The van der Waals surface area contributed by atoms with Gasteiger partial charge in [-0.15, -0.1) is 0 Å². The number of aliphatic hydroxyl groups excluding tert-OH is 6. The van der Waals surface area contributed by atoms with Crippen LogP contribution in [0, 0.1) is 0 Å². The molecule has 1 aliphatic rings. The van der Waals surface area contributed by atoms with Crippen LogP contribution in [-0.2, 0) is 47.6 Å². The van der Waals surface area contributed by atoms with Crippen LogP contribution in [0.4, 0.5) is 0 Å². The molecule has 1 fully saturated rings. The number of carbonyl (C=O) groups is 4. The fraction of sp³-hybridized carbons (Fsp3) is 0.895. The summed E-state index contributed by atoms with van der Waals surface area (Å²) >= 11 is 0. The van der Waals surface area contributed by atoms with E-state index in [9.17, 15) is 49.8 Å². The first-order valence-corrected chi connectivity index (χ1v) is 19.7. The maximum absolute atomic E-state index is 13.4. The first kappa shape index (κ1) is 47.7. The molecule has 16 heteroatoms. The standard InChI is InChI=1S/C38H68O16/c1-5-9-13-14-18-22-30(44)53-36-35(52-29(43)21-17-12-8-4)34(51-28(42)20-16-11-7-3)26(24-49-27(41)19-15-10-6-2)50-38(36)54-37(48)33(47)32(46)31(45)25(40)23-39/h25-26,31-40,45-48H,5-24H2,1-4H3/t25-,26-,31+,32+,33-,34-,35+,36+,37?,38?/m1/s1/i22D/t22?,25-,26-,31+,32+,33-,34-,35+,36+,37?,38?. The van der Waals surface area contributed by atoms with Crippen molar-refractivity contribution in [3.63, 3.8) is 0 Å². The van der Waals surface area contributed by atoms with Gasteiger partial charge in [0.05, 0.1) is 6.61 Å². The lowest BCUT2D eigenvalue weighted by atomic mass is 9.97. The highest BCUT2D eigenvalue weighted by Crippen LogP contribution is 2.32. The summed E-state index contributed by atoms with van der Waals surface area (Å²) in [5, 5.41) is 61.2. The molecule has 0 aromatic carbocycles. The molecule has 16 nitrogen and oxygen atoms in total. The minimum atomic E-state index is -2.45. The van der Waals surface area contributed by atoms with Crippen molar-refractivity contribution in [3.05, 3.63) is 0 Å². The van der Waals surface area contributed by atoms with Crippen molar-refractivity contribution >= 4 is 23.9 Å². The molecular formula is C38H68O16. The highest BCUT2D eigenvalue weighted by molar-refractivity contribution is 5.72. The van der Waals surface area contributed by atoms with E-state index < -0.39 is 105 Å². The van der Waals surface area contributed by atoms with Gasteiger partial charge >= 0.3 is 23.9 Å². The lowest BCUT2D eigenvalue weighted by Gasteiger charge is -2.45. The zero-order valence-corrected chi connectivity index (χ0v) is 32.6. The SMILES string of the molecule is [2H]C(CCCCCC)C(=O)O[C@@H]1C(OC(O)[C@H](O)[C@@H](O)[C@@H](O)[C@H](O)CO)O[C@H](COC(=O)CCCCC)[C@@H](OC(=O)CCCCC)[C@@H]1OC(=O)CCCCC. The molecule has 6 N–H and O–H groups in total. The van der Waals surface area contributed by atoms with Crippen molar-refractivity contribution < 1.29 is 79.6 Å². The molecule has 0 bridgehead atoms. The van der Waals surface area contributed by atoms with E-state index in [1.807, 2.05) is 27.7 Å². The van der Waals surface area contributed by atoms with Crippen molar-refractivity contribution in [2.24, 2.45) is 0 Å². The largest absolute Gasteiger partial charge is 0.463 e. The van der Waals surface area contributed by atoms with Crippen LogP contribution in [0.5, 0.6) is 0 Å². The van der Waals surface area contributed by atoms with E-state index in [1.54, 1.807) is 0 Å². The summed E-state index contributed by atoms with van der Waals surface area (Å²) in [6, 6.07) is 0. The van der Waals surface area contributed by atoms with Gasteiger partial charge in [0, 0.05) is 27.0 Å². The molecular weight excluding hydrogens is 712 g/mol. The minimum Gasteiger partial charge on any atom is -0.463 e. The van der Waals surface area contributed by atoms with Gasteiger partial charge in [-0.3, -0.25) is 19.2 Å². The predicted octanol–water partition coefficient (Wildman–Crippen LogP) is 2.86. The van der Waals surface area contributed by atoms with Crippen molar-refractivity contribution in [2.75, 3.05) is 13.2 Å². The van der Waals surface area contributed by atoms with E-state index >= 15 is 0 Å². The monoisotopic (exact) mass is 781 g/mol. The summed E-state index contributed by atoms with van der Waals surface area (Å²) in [5.74, 6) is -3.20. The third-order valence-electron chi connectivity index (χ3n) is 8.96. The molecule has 0 spiro atoms. The van der Waals surface area contributed by atoms with Gasteiger partial charge in [0.15, 0.2) is 24.6 Å². The van der Waals surface area contributed by atoms with Crippen LogP contribution in [0.1, 0.15) is 145 Å². The molecule has 0 amide bonds. The number of hydrogen-bond donors (Lipinski definition) is 6. The Labute approximate surface area is 321 Å². The number of aliphatic hydroxyl groups is 6. The maximum Gasteiger partial charge on any atom is 0.306 e. The Bertz CT molecular complexity index is 1080. The summed E-state index contributed by atoms with van der Waals surface area (Å²) in [4.78, 5) is 52.6. The fourth-order valence-electron chi connectivity index (χ4n) is 5.65. The van der Waals surface area contributed by atoms with Crippen LogP contribution in [0.25, 0.3) is 0 Å². The van der Waals surface area contributed by atoms with Gasteiger partial charge in [-0.2, -0.15) is 0 Å². The second-order valence-electron chi connectivity index (χ2n) is 13.7. The number of carbonyl (C=O) groups excluding carboxylic acids is 4. The van der Waals surface area contributed by atoms with E-state index in [2.05, 4.69) is 0 Å². The number of ether oxygens (including phenoxy) is 6. The molecule has 1 aliphatic heterocycles. The van der Waals surface area contributed by atoms with E-state index in [1.165, 1.54) is 0 Å². The zero-order chi connectivity index (χ0) is 41.3. The third-order valence-corrected chi connectivity index (χ3v) is 8.96. The topological polar surface area (TPSA) is 245 Å².